The highest BCUT2D eigenvalue weighted by atomic mass is 15.2. The molecule has 0 bridgehead atoms. The van der Waals surface area contributed by atoms with E-state index in [2.05, 4.69) is 32.6 Å². The van der Waals surface area contributed by atoms with Gasteiger partial charge in [-0.05, 0) is 39.2 Å². The lowest BCUT2D eigenvalue weighted by molar-refractivity contribution is 0.166. The number of likely N-dealkylation sites (tertiary alicyclic amines) is 1. The van der Waals surface area contributed by atoms with E-state index in [1.807, 2.05) is 0 Å². The van der Waals surface area contributed by atoms with E-state index in [1.165, 1.54) is 13.1 Å². The van der Waals surface area contributed by atoms with Crippen LogP contribution in [-0.4, -0.2) is 30.1 Å². The van der Waals surface area contributed by atoms with Gasteiger partial charge >= 0.3 is 0 Å². The summed E-state index contributed by atoms with van der Waals surface area (Å²) in [5, 5.41) is 0. The molecule has 12 heavy (non-hydrogen) atoms. The van der Waals surface area contributed by atoms with E-state index >= 15 is 0 Å². The first-order valence-corrected chi connectivity index (χ1v) is 4.90. The van der Waals surface area contributed by atoms with Gasteiger partial charge in [0.25, 0.3) is 0 Å². The Morgan fingerprint density at radius 2 is 1.92 bits per heavy atom. The third kappa shape index (κ3) is 1.99. The molecule has 2 N–H and O–H groups in total. The highest BCUT2D eigenvalue weighted by molar-refractivity contribution is 4.88. The zero-order chi connectivity index (χ0) is 9.35. The first-order chi connectivity index (χ1) is 5.45. The Balaban J connectivity index is 2.54. The van der Waals surface area contributed by atoms with Crippen LogP contribution >= 0.6 is 0 Å². The first-order valence-electron chi connectivity index (χ1n) is 4.90. The zero-order valence-electron chi connectivity index (χ0n) is 8.80. The number of hydrogen-bond donors (Lipinski definition) is 1. The molecule has 0 radical (unpaired) electrons. The second kappa shape index (κ2) is 3.35. The second-order valence-corrected chi connectivity index (χ2v) is 5.05. The lowest BCUT2D eigenvalue weighted by Gasteiger charge is -2.31. The van der Waals surface area contributed by atoms with Crippen molar-refractivity contribution in [3.8, 4) is 0 Å². The summed E-state index contributed by atoms with van der Waals surface area (Å²) in [6.45, 7) is 12.4. The summed E-state index contributed by atoms with van der Waals surface area (Å²) in [5.41, 5.74) is 6.02. The lowest BCUT2D eigenvalue weighted by atomic mass is 9.99. The molecule has 0 aromatic carbocycles. The summed E-state index contributed by atoms with van der Waals surface area (Å²) in [5.74, 6) is 1.48. The summed E-state index contributed by atoms with van der Waals surface area (Å²) in [6, 6.07) is 0. The molecule has 0 saturated carbocycles. The van der Waals surface area contributed by atoms with E-state index < -0.39 is 0 Å². The minimum absolute atomic E-state index is 0.318. The summed E-state index contributed by atoms with van der Waals surface area (Å²) in [7, 11) is 0. The van der Waals surface area contributed by atoms with Gasteiger partial charge in [0.2, 0.25) is 0 Å². The van der Waals surface area contributed by atoms with Crippen molar-refractivity contribution in [2.24, 2.45) is 17.6 Å². The molecule has 0 amide bonds. The molecule has 2 unspecified atom stereocenters. The molecule has 0 aromatic rings. The highest BCUT2D eigenvalue weighted by Crippen LogP contribution is 2.27. The fourth-order valence-electron chi connectivity index (χ4n) is 1.89. The maximum Gasteiger partial charge on any atom is 0.0125 e. The minimum Gasteiger partial charge on any atom is -0.330 e. The van der Waals surface area contributed by atoms with E-state index in [1.54, 1.807) is 0 Å². The van der Waals surface area contributed by atoms with Crippen LogP contribution in [0.4, 0.5) is 0 Å². The van der Waals surface area contributed by atoms with Crippen LogP contribution in [0.15, 0.2) is 0 Å². The molecular formula is C10H22N2. The van der Waals surface area contributed by atoms with E-state index in [-0.39, 0.29) is 0 Å². The van der Waals surface area contributed by atoms with Crippen LogP contribution < -0.4 is 5.73 Å². The van der Waals surface area contributed by atoms with E-state index in [0.717, 1.165) is 12.5 Å². The Morgan fingerprint density at radius 3 is 2.17 bits per heavy atom. The van der Waals surface area contributed by atoms with Crippen molar-refractivity contribution < 1.29 is 0 Å². The molecule has 1 aliphatic heterocycles. The maximum absolute atomic E-state index is 5.70. The quantitative estimate of drug-likeness (QED) is 0.643. The molecule has 1 rings (SSSR count). The molecule has 0 aliphatic carbocycles. The largest absolute Gasteiger partial charge is 0.330 e. The van der Waals surface area contributed by atoms with Crippen molar-refractivity contribution in [2.45, 2.75) is 33.2 Å². The van der Waals surface area contributed by atoms with Crippen molar-refractivity contribution in [1.82, 2.24) is 4.90 Å². The van der Waals surface area contributed by atoms with Crippen LogP contribution in [-0.2, 0) is 0 Å². The summed E-state index contributed by atoms with van der Waals surface area (Å²) in [6.07, 6.45) is 0. The number of nitrogens with zero attached hydrogens (tertiary/aromatic N) is 1. The average Bonchev–Trinajstić information content (AvgIpc) is 2.29. The van der Waals surface area contributed by atoms with Gasteiger partial charge in [-0.3, -0.25) is 4.90 Å². The predicted molar refractivity (Wildman–Crippen MR) is 53.0 cm³/mol. The highest BCUT2D eigenvalue weighted by Gasteiger charge is 2.34. The van der Waals surface area contributed by atoms with Gasteiger partial charge in [0.1, 0.15) is 0 Å². The normalized spacial score (nSPS) is 32.8. The molecule has 1 saturated heterocycles. The zero-order valence-corrected chi connectivity index (χ0v) is 8.80. The smallest absolute Gasteiger partial charge is 0.0125 e. The SMILES string of the molecule is CC1CN(C(C)(C)C)CC1CN. The molecule has 1 fully saturated rings. The molecule has 1 aliphatic rings. The van der Waals surface area contributed by atoms with Gasteiger partial charge in [0.05, 0.1) is 0 Å². The summed E-state index contributed by atoms with van der Waals surface area (Å²) >= 11 is 0. The molecule has 2 atom stereocenters. The Bertz CT molecular complexity index is 148. The summed E-state index contributed by atoms with van der Waals surface area (Å²) in [4.78, 5) is 2.54. The van der Waals surface area contributed by atoms with Gasteiger partial charge in [-0.2, -0.15) is 0 Å². The van der Waals surface area contributed by atoms with Gasteiger partial charge in [-0.1, -0.05) is 6.92 Å². The van der Waals surface area contributed by atoms with Gasteiger partial charge in [-0.15, -0.1) is 0 Å². The lowest BCUT2D eigenvalue weighted by Crippen LogP contribution is -2.40. The topological polar surface area (TPSA) is 29.3 Å². The molecule has 0 aromatic heterocycles. The predicted octanol–water partition coefficient (Wildman–Crippen LogP) is 1.31. The van der Waals surface area contributed by atoms with E-state index in [4.69, 9.17) is 5.73 Å². The summed E-state index contributed by atoms with van der Waals surface area (Å²) < 4.78 is 0. The molecule has 72 valence electrons. The van der Waals surface area contributed by atoms with Gasteiger partial charge < -0.3 is 5.73 Å². The van der Waals surface area contributed by atoms with Crippen molar-refractivity contribution in [3.05, 3.63) is 0 Å². The standard InChI is InChI=1S/C10H22N2/c1-8-6-12(10(2,3)4)7-9(8)5-11/h8-9H,5-7,11H2,1-4H3. The monoisotopic (exact) mass is 170 g/mol. The number of nitrogens with two attached hydrogens (primary N) is 1. The third-order valence-corrected chi connectivity index (χ3v) is 3.02. The van der Waals surface area contributed by atoms with Crippen LogP contribution in [0.3, 0.4) is 0 Å². The molecule has 1 heterocycles. The van der Waals surface area contributed by atoms with Crippen LogP contribution in [0.5, 0.6) is 0 Å². The van der Waals surface area contributed by atoms with Gasteiger partial charge in [0, 0.05) is 18.6 Å². The van der Waals surface area contributed by atoms with Gasteiger partial charge in [-0.25, -0.2) is 0 Å². The first kappa shape index (κ1) is 10.0. The number of hydrogen-bond acceptors (Lipinski definition) is 2. The molecular weight excluding hydrogens is 148 g/mol. The van der Waals surface area contributed by atoms with Crippen LogP contribution in [0.25, 0.3) is 0 Å². The van der Waals surface area contributed by atoms with Crippen molar-refractivity contribution in [3.63, 3.8) is 0 Å². The van der Waals surface area contributed by atoms with Crippen LogP contribution in [0, 0.1) is 11.8 Å². The Morgan fingerprint density at radius 1 is 1.33 bits per heavy atom. The Hall–Kier alpha value is -0.0800. The Kier molecular flexibility index (Phi) is 2.79. The average molecular weight is 170 g/mol. The second-order valence-electron chi connectivity index (χ2n) is 5.05. The van der Waals surface area contributed by atoms with Gasteiger partial charge in [0.15, 0.2) is 0 Å². The fourth-order valence-corrected chi connectivity index (χ4v) is 1.89. The van der Waals surface area contributed by atoms with E-state index in [9.17, 15) is 0 Å². The minimum atomic E-state index is 0.318. The van der Waals surface area contributed by atoms with E-state index in [0.29, 0.717) is 11.5 Å². The molecule has 2 nitrogen and oxygen atoms in total. The van der Waals surface area contributed by atoms with Crippen molar-refractivity contribution >= 4 is 0 Å². The molecule has 2 heteroatoms. The van der Waals surface area contributed by atoms with Crippen molar-refractivity contribution in [2.75, 3.05) is 19.6 Å². The Labute approximate surface area is 76.1 Å². The van der Waals surface area contributed by atoms with Crippen molar-refractivity contribution in [1.29, 1.82) is 0 Å². The fraction of sp³-hybridized carbons (Fsp3) is 1.00. The number of rotatable bonds is 1. The van der Waals surface area contributed by atoms with Crippen LogP contribution in [0.2, 0.25) is 0 Å². The molecule has 0 spiro atoms. The third-order valence-electron chi connectivity index (χ3n) is 3.02. The maximum atomic E-state index is 5.70. The van der Waals surface area contributed by atoms with Crippen LogP contribution in [0.1, 0.15) is 27.7 Å².